The molecule has 2 rings (SSSR count). The highest BCUT2D eigenvalue weighted by Crippen LogP contribution is 2.20. The number of nitrogens with one attached hydrogen (secondary N) is 2. The molecule has 4 nitrogen and oxygen atoms in total. The van der Waals surface area contributed by atoms with E-state index in [1.807, 2.05) is 0 Å². The third kappa shape index (κ3) is 5.19. The third-order valence-corrected chi connectivity index (χ3v) is 5.71. The monoisotopic (exact) mass is 310 g/mol. The van der Waals surface area contributed by atoms with Crippen molar-refractivity contribution in [3.8, 4) is 0 Å². The summed E-state index contributed by atoms with van der Waals surface area (Å²) in [6.07, 6.45) is 5.19. The second-order valence-electron chi connectivity index (χ2n) is 8.29. The minimum Gasteiger partial charge on any atom is -0.317 e. The minimum absolute atomic E-state index is 0.329. The molecule has 130 valence electrons. The molecule has 22 heavy (non-hydrogen) atoms. The second kappa shape index (κ2) is 8.09. The van der Waals surface area contributed by atoms with E-state index in [2.05, 4.69) is 55.2 Å². The molecule has 0 aromatic rings. The Balaban J connectivity index is 1.64. The number of rotatable bonds is 5. The van der Waals surface area contributed by atoms with Gasteiger partial charge in [-0.3, -0.25) is 9.80 Å². The maximum atomic E-state index is 3.83. The van der Waals surface area contributed by atoms with Crippen molar-refractivity contribution in [1.82, 2.24) is 20.4 Å². The van der Waals surface area contributed by atoms with E-state index in [1.165, 1.54) is 51.9 Å². The average molecular weight is 311 g/mol. The number of likely N-dealkylation sites (tertiary alicyclic amines) is 2. The molecule has 0 saturated carbocycles. The van der Waals surface area contributed by atoms with Crippen LogP contribution >= 0.6 is 0 Å². The summed E-state index contributed by atoms with van der Waals surface area (Å²) in [7, 11) is 2.09. The molecular formula is C18H38N4. The van der Waals surface area contributed by atoms with Gasteiger partial charge in [0.1, 0.15) is 0 Å². The topological polar surface area (TPSA) is 30.5 Å². The van der Waals surface area contributed by atoms with Crippen LogP contribution in [0.25, 0.3) is 0 Å². The standard InChI is InChI=1S/C18H38N4/c1-15(21-10-6-16(19-5)7-11-21)14-20-17-8-12-22(13-9-17)18(2,3)4/h15-17,19-20H,6-14H2,1-5H3. The van der Waals surface area contributed by atoms with Gasteiger partial charge in [0.25, 0.3) is 0 Å². The van der Waals surface area contributed by atoms with Gasteiger partial charge in [-0.2, -0.15) is 0 Å². The molecule has 2 fully saturated rings. The SMILES string of the molecule is CNC1CCN(C(C)CNC2CCN(C(C)(C)C)CC2)CC1. The molecule has 1 unspecified atom stereocenters. The van der Waals surface area contributed by atoms with E-state index in [0.717, 1.165) is 18.6 Å². The summed E-state index contributed by atoms with van der Waals surface area (Å²) in [4.78, 5) is 5.28. The summed E-state index contributed by atoms with van der Waals surface area (Å²) in [6, 6.07) is 2.12. The Kier molecular flexibility index (Phi) is 6.69. The minimum atomic E-state index is 0.329. The Bertz CT molecular complexity index is 310. The van der Waals surface area contributed by atoms with Crippen LogP contribution in [0, 0.1) is 0 Å². The number of piperidine rings is 2. The summed E-state index contributed by atoms with van der Waals surface area (Å²) in [5.74, 6) is 0. The molecule has 0 aliphatic carbocycles. The van der Waals surface area contributed by atoms with E-state index >= 15 is 0 Å². The summed E-state index contributed by atoms with van der Waals surface area (Å²) in [5.41, 5.74) is 0.329. The maximum absolute atomic E-state index is 3.83. The molecule has 0 bridgehead atoms. The van der Waals surface area contributed by atoms with Gasteiger partial charge in [0, 0.05) is 43.3 Å². The van der Waals surface area contributed by atoms with Crippen molar-refractivity contribution >= 4 is 0 Å². The van der Waals surface area contributed by atoms with Gasteiger partial charge in [-0.1, -0.05) is 0 Å². The molecule has 0 aromatic carbocycles. The van der Waals surface area contributed by atoms with Crippen LogP contribution in [0.3, 0.4) is 0 Å². The lowest BCUT2D eigenvalue weighted by Gasteiger charge is -2.42. The zero-order chi connectivity index (χ0) is 16.2. The van der Waals surface area contributed by atoms with Crippen LogP contribution in [0.1, 0.15) is 53.4 Å². The Labute approximate surface area is 138 Å². The molecule has 0 aromatic heterocycles. The number of hydrogen-bond donors (Lipinski definition) is 2. The van der Waals surface area contributed by atoms with Gasteiger partial charge in [0.2, 0.25) is 0 Å². The maximum Gasteiger partial charge on any atom is 0.0192 e. The van der Waals surface area contributed by atoms with Gasteiger partial charge in [-0.25, -0.2) is 0 Å². The molecule has 2 aliphatic heterocycles. The summed E-state index contributed by atoms with van der Waals surface area (Å²) in [6.45, 7) is 15.5. The van der Waals surface area contributed by atoms with Crippen molar-refractivity contribution in [3.05, 3.63) is 0 Å². The van der Waals surface area contributed by atoms with Crippen molar-refractivity contribution in [2.75, 3.05) is 39.8 Å². The van der Waals surface area contributed by atoms with Gasteiger partial charge < -0.3 is 10.6 Å². The third-order valence-electron chi connectivity index (χ3n) is 5.71. The lowest BCUT2D eigenvalue weighted by molar-refractivity contribution is 0.0919. The highest BCUT2D eigenvalue weighted by molar-refractivity contribution is 4.86. The van der Waals surface area contributed by atoms with Crippen LogP contribution in [-0.4, -0.2) is 73.2 Å². The summed E-state index contributed by atoms with van der Waals surface area (Å²) >= 11 is 0. The lowest BCUT2D eigenvalue weighted by atomic mass is 9.98. The average Bonchev–Trinajstić information content (AvgIpc) is 2.52. The molecule has 2 aliphatic rings. The van der Waals surface area contributed by atoms with E-state index in [-0.39, 0.29) is 0 Å². The van der Waals surface area contributed by atoms with Crippen molar-refractivity contribution in [3.63, 3.8) is 0 Å². The van der Waals surface area contributed by atoms with Gasteiger partial charge >= 0.3 is 0 Å². The smallest absolute Gasteiger partial charge is 0.0192 e. The quantitative estimate of drug-likeness (QED) is 0.812. The van der Waals surface area contributed by atoms with Crippen molar-refractivity contribution < 1.29 is 0 Å². The van der Waals surface area contributed by atoms with Crippen molar-refractivity contribution in [2.24, 2.45) is 0 Å². The van der Waals surface area contributed by atoms with Gasteiger partial charge in [-0.05, 0) is 73.5 Å². The van der Waals surface area contributed by atoms with Crippen LogP contribution in [0.4, 0.5) is 0 Å². The number of hydrogen-bond acceptors (Lipinski definition) is 4. The van der Waals surface area contributed by atoms with Crippen molar-refractivity contribution in [2.45, 2.75) is 77.0 Å². The summed E-state index contributed by atoms with van der Waals surface area (Å²) in [5, 5.41) is 7.25. The summed E-state index contributed by atoms with van der Waals surface area (Å²) < 4.78 is 0. The predicted octanol–water partition coefficient (Wildman–Crippen LogP) is 1.91. The fraction of sp³-hybridized carbons (Fsp3) is 1.00. The highest BCUT2D eigenvalue weighted by atomic mass is 15.2. The molecule has 0 radical (unpaired) electrons. The van der Waals surface area contributed by atoms with Gasteiger partial charge in [0.05, 0.1) is 0 Å². The second-order valence-corrected chi connectivity index (χ2v) is 8.29. The molecule has 0 amide bonds. The van der Waals surface area contributed by atoms with Crippen molar-refractivity contribution in [1.29, 1.82) is 0 Å². The van der Waals surface area contributed by atoms with E-state index in [4.69, 9.17) is 0 Å². The first kappa shape index (κ1) is 18.2. The zero-order valence-electron chi connectivity index (χ0n) is 15.5. The Morgan fingerprint density at radius 3 is 2.00 bits per heavy atom. The molecule has 2 saturated heterocycles. The fourth-order valence-corrected chi connectivity index (χ4v) is 3.85. The van der Waals surface area contributed by atoms with Gasteiger partial charge in [0.15, 0.2) is 0 Å². The first-order valence-corrected chi connectivity index (χ1v) is 9.30. The van der Waals surface area contributed by atoms with E-state index in [1.54, 1.807) is 0 Å². The fourth-order valence-electron chi connectivity index (χ4n) is 3.85. The number of nitrogens with zero attached hydrogens (tertiary/aromatic N) is 2. The Morgan fingerprint density at radius 2 is 1.50 bits per heavy atom. The van der Waals surface area contributed by atoms with E-state index in [0.29, 0.717) is 11.6 Å². The normalized spacial score (nSPS) is 25.5. The van der Waals surface area contributed by atoms with Crippen LogP contribution in [-0.2, 0) is 0 Å². The van der Waals surface area contributed by atoms with Crippen LogP contribution in [0.5, 0.6) is 0 Å². The first-order chi connectivity index (χ1) is 10.4. The Hall–Kier alpha value is -0.160. The molecular weight excluding hydrogens is 272 g/mol. The lowest BCUT2D eigenvalue weighted by Crippen LogP contribution is -2.52. The van der Waals surface area contributed by atoms with Crippen LogP contribution in [0.15, 0.2) is 0 Å². The molecule has 4 heteroatoms. The molecule has 2 heterocycles. The Morgan fingerprint density at radius 1 is 0.955 bits per heavy atom. The molecule has 1 atom stereocenters. The van der Waals surface area contributed by atoms with E-state index in [9.17, 15) is 0 Å². The largest absolute Gasteiger partial charge is 0.317 e. The van der Waals surface area contributed by atoms with Crippen LogP contribution in [0.2, 0.25) is 0 Å². The molecule has 0 spiro atoms. The van der Waals surface area contributed by atoms with Crippen LogP contribution < -0.4 is 10.6 Å². The van der Waals surface area contributed by atoms with Gasteiger partial charge in [-0.15, -0.1) is 0 Å². The first-order valence-electron chi connectivity index (χ1n) is 9.30. The zero-order valence-corrected chi connectivity index (χ0v) is 15.5. The van der Waals surface area contributed by atoms with E-state index < -0.39 is 0 Å². The highest BCUT2D eigenvalue weighted by Gasteiger charge is 2.27. The molecule has 2 N–H and O–H groups in total. The predicted molar refractivity (Wildman–Crippen MR) is 95.5 cm³/mol.